The third kappa shape index (κ3) is 5.17. The fourth-order valence-electron chi connectivity index (χ4n) is 3.37. The number of aromatic nitrogens is 3. The predicted octanol–water partition coefficient (Wildman–Crippen LogP) is 5.39. The predicted molar refractivity (Wildman–Crippen MR) is 116 cm³/mol. The van der Waals surface area contributed by atoms with Gasteiger partial charge in [-0.05, 0) is 55.7 Å². The van der Waals surface area contributed by atoms with Gasteiger partial charge in [-0.3, -0.25) is 9.48 Å². The van der Waals surface area contributed by atoms with Crippen molar-refractivity contribution in [1.82, 2.24) is 20.1 Å². The van der Waals surface area contributed by atoms with Crippen LogP contribution in [0.4, 0.5) is 0 Å². The van der Waals surface area contributed by atoms with Crippen molar-refractivity contribution in [3.8, 4) is 0 Å². The van der Waals surface area contributed by atoms with Gasteiger partial charge in [-0.1, -0.05) is 54.7 Å². The van der Waals surface area contributed by atoms with E-state index in [2.05, 4.69) is 22.3 Å². The Morgan fingerprint density at radius 3 is 2.52 bits per heavy atom. The van der Waals surface area contributed by atoms with Gasteiger partial charge in [0.1, 0.15) is 10.8 Å². The summed E-state index contributed by atoms with van der Waals surface area (Å²) in [5.74, 6) is -0.202. The number of hydrogen-bond donors (Lipinski definition) is 1. The molecule has 0 radical (unpaired) electrons. The maximum atomic E-state index is 13.0. The van der Waals surface area contributed by atoms with Crippen LogP contribution in [0.1, 0.15) is 54.0 Å². The number of nitrogens with zero attached hydrogens (tertiary/aromatic N) is 3. The van der Waals surface area contributed by atoms with E-state index in [4.69, 9.17) is 23.2 Å². The van der Waals surface area contributed by atoms with Crippen LogP contribution in [0.2, 0.25) is 10.2 Å². The van der Waals surface area contributed by atoms with Crippen molar-refractivity contribution < 1.29 is 4.79 Å². The van der Waals surface area contributed by atoms with E-state index in [-0.39, 0.29) is 5.91 Å². The first-order valence-electron chi connectivity index (χ1n) is 9.54. The van der Waals surface area contributed by atoms with E-state index in [1.807, 2.05) is 44.2 Å². The van der Waals surface area contributed by atoms with Crippen molar-refractivity contribution in [2.75, 3.05) is 0 Å². The van der Waals surface area contributed by atoms with Crippen molar-refractivity contribution in [2.45, 2.75) is 45.7 Å². The first kappa shape index (κ1) is 21.3. The van der Waals surface area contributed by atoms with Crippen LogP contribution >= 0.6 is 23.2 Å². The third-order valence-electron chi connectivity index (χ3n) is 4.96. The van der Waals surface area contributed by atoms with E-state index in [0.29, 0.717) is 22.4 Å². The molecule has 0 aliphatic carbocycles. The summed E-state index contributed by atoms with van der Waals surface area (Å²) < 4.78 is 1.79. The van der Waals surface area contributed by atoms with Crippen LogP contribution in [0.5, 0.6) is 0 Å². The smallest absolute Gasteiger partial charge is 0.272 e. The van der Waals surface area contributed by atoms with Crippen LogP contribution in [0.3, 0.4) is 0 Å². The lowest BCUT2D eigenvalue weighted by atomic mass is 9.87. The van der Waals surface area contributed by atoms with Crippen LogP contribution in [0.25, 0.3) is 0 Å². The molecule has 1 amide bonds. The molecule has 0 aliphatic heterocycles. The topological polar surface area (TPSA) is 59.8 Å². The molecule has 1 atom stereocenters. The number of nitrogens with one attached hydrogen (secondary N) is 1. The molecule has 152 valence electrons. The molecule has 7 heteroatoms. The highest BCUT2D eigenvalue weighted by molar-refractivity contribution is 6.30. The van der Waals surface area contributed by atoms with Crippen molar-refractivity contribution in [3.05, 3.63) is 81.4 Å². The number of amides is 1. The van der Waals surface area contributed by atoms with Gasteiger partial charge in [0, 0.05) is 16.9 Å². The highest BCUT2D eigenvalue weighted by Crippen LogP contribution is 2.28. The highest BCUT2D eigenvalue weighted by atomic mass is 35.5. The summed E-state index contributed by atoms with van der Waals surface area (Å²) in [4.78, 5) is 17.1. The Morgan fingerprint density at radius 1 is 1.17 bits per heavy atom. The molecule has 0 saturated carbocycles. The Balaban J connectivity index is 1.80. The molecular formula is C22H24Cl2N4O. The number of benzene rings is 1. The van der Waals surface area contributed by atoms with Gasteiger partial charge in [0.05, 0.1) is 12.1 Å². The fourth-order valence-corrected chi connectivity index (χ4v) is 3.60. The molecule has 0 saturated heterocycles. The van der Waals surface area contributed by atoms with Crippen molar-refractivity contribution in [1.29, 1.82) is 0 Å². The van der Waals surface area contributed by atoms with Crippen LogP contribution in [-0.2, 0) is 12.1 Å². The summed E-state index contributed by atoms with van der Waals surface area (Å²) in [6, 6.07) is 13.0. The minimum atomic E-state index is -0.506. The molecule has 3 aromatic rings. The summed E-state index contributed by atoms with van der Waals surface area (Å²) in [7, 11) is 0. The average molecular weight is 431 g/mol. The van der Waals surface area contributed by atoms with Gasteiger partial charge in [0.15, 0.2) is 0 Å². The molecule has 1 N–H and O–H groups in total. The average Bonchev–Trinajstić information content (AvgIpc) is 3.05. The van der Waals surface area contributed by atoms with E-state index in [9.17, 15) is 4.79 Å². The lowest BCUT2D eigenvalue weighted by Gasteiger charge is -2.31. The fraction of sp³-hybridized carbons (Fsp3) is 0.318. The highest BCUT2D eigenvalue weighted by Gasteiger charge is 2.29. The van der Waals surface area contributed by atoms with Crippen LogP contribution in [0, 0.1) is 6.92 Å². The van der Waals surface area contributed by atoms with Crippen molar-refractivity contribution in [2.24, 2.45) is 0 Å². The van der Waals surface area contributed by atoms with Gasteiger partial charge in [0.25, 0.3) is 5.91 Å². The Hall–Kier alpha value is -2.37. The number of rotatable bonds is 7. The zero-order chi connectivity index (χ0) is 21.0. The number of carbonyl (C=O) groups excluding carboxylic acids is 1. The van der Waals surface area contributed by atoms with Gasteiger partial charge in [0.2, 0.25) is 0 Å². The van der Waals surface area contributed by atoms with E-state index < -0.39 is 5.54 Å². The first-order valence-corrected chi connectivity index (χ1v) is 10.3. The molecular weight excluding hydrogens is 407 g/mol. The maximum absolute atomic E-state index is 13.0. The van der Waals surface area contributed by atoms with E-state index in [0.717, 1.165) is 29.7 Å². The molecule has 1 unspecified atom stereocenters. The maximum Gasteiger partial charge on any atom is 0.272 e. The Labute approximate surface area is 181 Å². The largest absolute Gasteiger partial charge is 0.341 e. The van der Waals surface area contributed by atoms with Crippen LogP contribution in [-0.4, -0.2) is 20.7 Å². The SMILES string of the molecule is CCCC(C)(NC(=O)c1cc(C)n(Cc2ccc(Cl)nc2)n1)c1ccc(Cl)cc1. The first-order chi connectivity index (χ1) is 13.8. The lowest BCUT2D eigenvalue weighted by molar-refractivity contribution is 0.0893. The van der Waals surface area contributed by atoms with Gasteiger partial charge in [-0.25, -0.2) is 4.98 Å². The van der Waals surface area contributed by atoms with Gasteiger partial charge < -0.3 is 5.32 Å². The van der Waals surface area contributed by atoms with Gasteiger partial charge in [-0.2, -0.15) is 5.10 Å². The quantitative estimate of drug-likeness (QED) is 0.511. The summed E-state index contributed by atoms with van der Waals surface area (Å²) in [6.45, 7) is 6.57. The number of aryl methyl sites for hydroxylation is 1. The van der Waals surface area contributed by atoms with Gasteiger partial charge >= 0.3 is 0 Å². The molecule has 2 aromatic heterocycles. The molecule has 5 nitrogen and oxygen atoms in total. The van der Waals surface area contributed by atoms with E-state index in [1.165, 1.54) is 0 Å². The van der Waals surface area contributed by atoms with Crippen molar-refractivity contribution >= 4 is 29.1 Å². The Morgan fingerprint density at radius 2 is 1.90 bits per heavy atom. The second-order valence-corrected chi connectivity index (χ2v) is 8.18. The summed E-state index contributed by atoms with van der Waals surface area (Å²) in [5.41, 5.74) is 2.76. The van der Waals surface area contributed by atoms with E-state index >= 15 is 0 Å². The minimum absolute atomic E-state index is 0.202. The number of carbonyl (C=O) groups is 1. The third-order valence-corrected chi connectivity index (χ3v) is 5.43. The van der Waals surface area contributed by atoms with Crippen LogP contribution < -0.4 is 5.32 Å². The molecule has 0 bridgehead atoms. The minimum Gasteiger partial charge on any atom is -0.341 e. The standard InChI is InChI=1S/C22H24Cl2N4O/c1-4-11-22(3,17-6-8-18(23)9-7-17)26-21(29)19-12-15(2)28(27-19)14-16-5-10-20(24)25-13-16/h5-10,12-13H,4,11,14H2,1-3H3,(H,26,29). The Bertz CT molecular complexity index is 983. The molecule has 3 rings (SSSR count). The summed E-state index contributed by atoms with van der Waals surface area (Å²) >= 11 is 11.9. The second-order valence-electron chi connectivity index (χ2n) is 7.36. The molecule has 0 spiro atoms. The number of halogens is 2. The summed E-state index contributed by atoms with van der Waals surface area (Å²) in [6.07, 6.45) is 3.44. The monoisotopic (exact) mass is 430 g/mol. The number of hydrogen-bond acceptors (Lipinski definition) is 3. The second kappa shape index (κ2) is 8.97. The van der Waals surface area contributed by atoms with Gasteiger partial charge in [-0.15, -0.1) is 0 Å². The molecule has 0 aliphatic rings. The molecule has 2 heterocycles. The normalized spacial score (nSPS) is 13.1. The number of pyridine rings is 1. The Kier molecular flexibility index (Phi) is 6.60. The van der Waals surface area contributed by atoms with Crippen molar-refractivity contribution in [3.63, 3.8) is 0 Å². The summed E-state index contributed by atoms with van der Waals surface area (Å²) in [5, 5.41) is 8.79. The van der Waals surface area contributed by atoms with E-state index in [1.54, 1.807) is 23.0 Å². The molecule has 1 aromatic carbocycles. The van der Waals surface area contributed by atoms with Crippen LogP contribution in [0.15, 0.2) is 48.7 Å². The zero-order valence-electron chi connectivity index (χ0n) is 16.7. The molecule has 29 heavy (non-hydrogen) atoms. The lowest BCUT2D eigenvalue weighted by Crippen LogP contribution is -2.43. The zero-order valence-corrected chi connectivity index (χ0v) is 18.3. The molecule has 0 fully saturated rings.